The van der Waals surface area contributed by atoms with E-state index in [9.17, 15) is 13.5 Å². The number of aromatic nitrogens is 1. The van der Waals surface area contributed by atoms with E-state index in [-0.39, 0.29) is 17.5 Å². The van der Waals surface area contributed by atoms with Crippen molar-refractivity contribution in [3.8, 4) is 5.75 Å². The van der Waals surface area contributed by atoms with E-state index in [0.29, 0.717) is 36.1 Å². The molecule has 1 aromatic carbocycles. The van der Waals surface area contributed by atoms with Crippen LogP contribution in [0.1, 0.15) is 56.2 Å². The SMILES string of the molecule is CCc1cnc2c(c1)CCC(CC)N2S(=O)(=O)c1ccc(OCC2CCSCC2)c(CO)c1. The lowest BCUT2D eigenvalue weighted by Crippen LogP contribution is -2.44. The van der Waals surface area contributed by atoms with Gasteiger partial charge in [0.05, 0.1) is 18.1 Å². The summed E-state index contributed by atoms with van der Waals surface area (Å²) >= 11 is 1.97. The Balaban J connectivity index is 1.63. The molecule has 8 heteroatoms. The van der Waals surface area contributed by atoms with Crippen LogP contribution in [-0.4, -0.2) is 42.7 Å². The maximum Gasteiger partial charge on any atom is 0.265 e. The first-order valence-corrected chi connectivity index (χ1v) is 14.5. The zero-order valence-electron chi connectivity index (χ0n) is 19.5. The van der Waals surface area contributed by atoms with Crippen molar-refractivity contribution in [2.45, 2.75) is 69.9 Å². The van der Waals surface area contributed by atoms with Crippen molar-refractivity contribution < 1.29 is 18.3 Å². The van der Waals surface area contributed by atoms with Crippen LogP contribution in [0.4, 0.5) is 5.82 Å². The molecule has 1 unspecified atom stereocenters. The second kappa shape index (κ2) is 10.7. The standard InChI is InChI=1S/C25H34N2O4S2/c1-3-18-13-20-5-6-22(4-2)27(25(20)26-15-18)33(29,30)23-7-8-24(21(14-23)16-28)31-17-19-9-11-32-12-10-19/h7-8,13-15,19,22,28H,3-6,9-12,16-17H2,1-2H3. The van der Waals surface area contributed by atoms with E-state index in [4.69, 9.17) is 4.74 Å². The third-order valence-electron chi connectivity index (χ3n) is 6.74. The molecule has 33 heavy (non-hydrogen) atoms. The molecule has 1 aromatic heterocycles. The van der Waals surface area contributed by atoms with Gasteiger partial charge in [-0.3, -0.25) is 0 Å². The van der Waals surface area contributed by atoms with Crippen LogP contribution in [-0.2, 0) is 29.5 Å². The Morgan fingerprint density at radius 3 is 2.67 bits per heavy atom. The number of pyridine rings is 1. The average molecular weight is 491 g/mol. The van der Waals surface area contributed by atoms with Crippen LogP contribution in [0.3, 0.4) is 0 Å². The van der Waals surface area contributed by atoms with Crippen LogP contribution in [0.25, 0.3) is 0 Å². The highest BCUT2D eigenvalue weighted by Crippen LogP contribution is 2.36. The largest absolute Gasteiger partial charge is 0.493 e. The van der Waals surface area contributed by atoms with Gasteiger partial charge in [-0.1, -0.05) is 19.9 Å². The summed E-state index contributed by atoms with van der Waals surface area (Å²) in [5.41, 5.74) is 2.60. The Labute approximate surface area is 201 Å². The molecule has 1 saturated heterocycles. The summed E-state index contributed by atoms with van der Waals surface area (Å²) in [4.78, 5) is 4.74. The number of benzene rings is 1. The quantitative estimate of drug-likeness (QED) is 0.584. The fourth-order valence-electron chi connectivity index (χ4n) is 4.64. The number of fused-ring (bicyclic) bond motifs is 1. The molecule has 6 nitrogen and oxygen atoms in total. The fraction of sp³-hybridized carbons (Fsp3) is 0.560. The summed E-state index contributed by atoms with van der Waals surface area (Å²) in [5.74, 6) is 3.91. The highest BCUT2D eigenvalue weighted by atomic mass is 32.2. The molecule has 2 aromatic rings. The van der Waals surface area contributed by atoms with Gasteiger partial charge < -0.3 is 9.84 Å². The van der Waals surface area contributed by atoms with Gasteiger partial charge in [0.25, 0.3) is 10.0 Å². The van der Waals surface area contributed by atoms with Gasteiger partial charge in [-0.2, -0.15) is 11.8 Å². The number of aliphatic hydroxyl groups is 1. The van der Waals surface area contributed by atoms with Crippen LogP contribution >= 0.6 is 11.8 Å². The van der Waals surface area contributed by atoms with Crippen molar-refractivity contribution in [1.82, 2.24) is 4.98 Å². The highest BCUT2D eigenvalue weighted by molar-refractivity contribution is 7.99. The number of thioether (sulfide) groups is 1. The van der Waals surface area contributed by atoms with Gasteiger partial charge in [0.1, 0.15) is 11.6 Å². The summed E-state index contributed by atoms with van der Waals surface area (Å²) in [6, 6.07) is 6.79. The molecule has 2 aliphatic heterocycles. The van der Waals surface area contributed by atoms with Crippen LogP contribution in [0, 0.1) is 5.92 Å². The minimum atomic E-state index is -3.84. The van der Waals surface area contributed by atoms with Crippen LogP contribution in [0.15, 0.2) is 35.4 Å². The maximum atomic E-state index is 13.8. The van der Waals surface area contributed by atoms with Gasteiger partial charge >= 0.3 is 0 Å². The van der Waals surface area contributed by atoms with E-state index in [1.165, 1.54) is 4.31 Å². The lowest BCUT2D eigenvalue weighted by molar-refractivity contribution is 0.226. The molecule has 0 saturated carbocycles. The van der Waals surface area contributed by atoms with Gasteiger partial charge in [0, 0.05) is 17.8 Å². The number of aryl methyl sites for hydroxylation is 2. The van der Waals surface area contributed by atoms with Gasteiger partial charge in [0.15, 0.2) is 0 Å². The van der Waals surface area contributed by atoms with Crippen molar-refractivity contribution >= 4 is 27.6 Å². The highest BCUT2D eigenvalue weighted by Gasteiger charge is 2.36. The predicted molar refractivity (Wildman–Crippen MR) is 134 cm³/mol. The molecule has 0 spiro atoms. The smallest absolute Gasteiger partial charge is 0.265 e. The summed E-state index contributed by atoms with van der Waals surface area (Å²) in [5, 5.41) is 9.97. The van der Waals surface area contributed by atoms with E-state index in [1.54, 1.807) is 24.4 Å². The fourth-order valence-corrected chi connectivity index (χ4v) is 7.64. The first kappa shape index (κ1) is 24.4. The molecule has 1 N–H and O–H groups in total. The number of hydrogen-bond acceptors (Lipinski definition) is 6. The van der Waals surface area contributed by atoms with Crippen molar-refractivity contribution in [3.05, 3.63) is 47.2 Å². The van der Waals surface area contributed by atoms with E-state index < -0.39 is 10.0 Å². The first-order valence-electron chi connectivity index (χ1n) is 11.9. The minimum Gasteiger partial charge on any atom is -0.493 e. The Hall–Kier alpha value is -1.77. The molecule has 0 bridgehead atoms. The second-order valence-corrected chi connectivity index (χ2v) is 11.9. The number of hydrogen-bond donors (Lipinski definition) is 1. The monoisotopic (exact) mass is 490 g/mol. The van der Waals surface area contributed by atoms with Gasteiger partial charge in [-0.25, -0.2) is 17.7 Å². The summed E-state index contributed by atoms with van der Waals surface area (Å²) < 4.78 is 35.2. The summed E-state index contributed by atoms with van der Waals surface area (Å²) in [7, 11) is -3.84. The summed E-state index contributed by atoms with van der Waals surface area (Å²) in [6.45, 7) is 4.41. The zero-order valence-corrected chi connectivity index (χ0v) is 21.1. The van der Waals surface area contributed by atoms with Gasteiger partial charge in [0.2, 0.25) is 0 Å². The molecule has 0 aliphatic carbocycles. The van der Waals surface area contributed by atoms with Crippen molar-refractivity contribution in [1.29, 1.82) is 0 Å². The van der Waals surface area contributed by atoms with Crippen LogP contribution < -0.4 is 9.04 Å². The predicted octanol–water partition coefficient (Wildman–Crippen LogP) is 4.58. The van der Waals surface area contributed by atoms with E-state index in [0.717, 1.165) is 54.7 Å². The number of rotatable bonds is 8. The number of anilines is 1. The number of sulfonamides is 1. The van der Waals surface area contributed by atoms with Crippen molar-refractivity contribution in [2.75, 3.05) is 22.4 Å². The Bertz CT molecular complexity index is 1070. The molecular weight excluding hydrogens is 456 g/mol. The normalized spacial score (nSPS) is 19.4. The maximum absolute atomic E-state index is 13.8. The van der Waals surface area contributed by atoms with E-state index >= 15 is 0 Å². The third kappa shape index (κ3) is 5.17. The zero-order chi connectivity index (χ0) is 23.4. The van der Waals surface area contributed by atoms with Crippen LogP contribution in [0.2, 0.25) is 0 Å². The molecule has 1 atom stereocenters. The summed E-state index contributed by atoms with van der Waals surface area (Å²) in [6.07, 6.45) is 7.21. The van der Waals surface area contributed by atoms with Gasteiger partial charge in [-0.15, -0.1) is 0 Å². The van der Waals surface area contributed by atoms with Gasteiger partial charge in [-0.05, 0) is 85.3 Å². The number of aliphatic hydroxyl groups excluding tert-OH is 1. The minimum absolute atomic E-state index is 0.139. The van der Waals surface area contributed by atoms with Crippen LogP contribution in [0.5, 0.6) is 5.75 Å². The van der Waals surface area contributed by atoms with E-state index in [2.05, 4.69) is 18.0 Å². The Morgan fingerprint density at radius 1 is 1.18 bits per heavy atom. The number of ether oxygens (including phenoxy) is 1. The lowest BCUT2D eigenvalue weighted by Gasteiger charge is -2.36. The molecule has 4 rings (SSSR count). The molecule has 0 radical (unpaired) electrons. The van der Waals surface area contributed by atoms with Crippen molar-refractivity contribution in [3.63, 3.8) is 0 Å². The van der Waals surface area contributed by atoms with Crippen molar-refractivity contribution in [2.24, 2.45) is 5.92 Å². The molecule has 0 amide bonds. The Morgan fingerprint density at radius 2 is 1.97 bits per heavy atom. The first-order chi connectivity index (χ1) is 16.0. The second-order valence-electron chi connectivity index (χ2n) is 8.88. The lowest BCUT2D eigenvalue weighted by atomic mass is 9.98. The Kier molecular flexibility index (Phi) is 7.87. The molecule has 1 fully saturated rings. The van der Waals surface area contributed by atoms with E-state index in [1.807, 2.05) is 18.7 Å². The molecule has 180 valence electrons. The molecule has 3 heterocycles. The topological polar surface area (TPSA) is 79.7 Å². The molecular formula is C25H34N2O4S2. The number of nitrogens with zero attached hydrogens (tertiary/aromatic N) is 2. The molecule has 2 aliphatic rings. The third-order valence-corrected chi connectivity index (χ3v) is 9.63. The average Bonchev–Trinajstić information content (AvgIpc) is 2.86.